The summed E-state index contributed by atoms with van der Waals surface area (Å²) in [5.41, 5.74) is 2.38. The standard InChI is InChI=1S/C14H21N3O2/c1-2-4-12-13(5-3-1)16-10-17-14(12)19-9-11-8-15-6-7-18-11/h10-11,15H,1-9H2. The normalized spacial score (nSPS) is 23.5. The van der Waals surface area contributed by atoms with Crippen LogP contribution in [0.4, 0.5) is 0 Å². The van der Waals surface area contributed by atoms with Crippen molar-refractivity contribution in [1.82, 2.24) is 15.3 Å². The molecule has 1 saturated heterocycles. The first-order chi connectivity index (χ1) is 9.43. The van der Waals surface area contributed by atoms with Crippen molar-refractivity contribution in [1.29, 1.82) is 0 Å². The molecule has 0 spiro atoms. The minimum Gasteiger partial charge on any atom is -0.475 e. The van der Waals surface area contributed by atoms with E-state index in [0.29, 0.717) is 6.61 Å². The van der Waals surface area contributed by atoms with Gasteiger partial charge in [-0.2, -0.15) is 0 Å². The van der Waals surface area contributed by atoms with Crippen molar-refractivity contribution in [3.63, 3.8) is 0 Å². The van der Waals surface area contributed by atoms with Gasteiger partial charge in [-0.1, -0.05) is 6.42 Å². The van der Waals surface area contributed by atoms with E-state index in [-0.39, 0.29) is 6.10 Å². The summed E-state index contributed by atoms with van der Waals surface area (Å²) in [5, 5.41) is 3.31. The van der Waals surface area contributed by atoms with Crippen molar-refractivity contribution < 1.29 is 9.47 Å². The summed E-state index contributed by atoms with van der Waals surface area (Å²) in [6.45, 7) is 3.11. The minimum atomic E-state index is 0.130. The van der Waals surface area contributed by atoms with Crippen LogP contribution < -0.4 is 10.1 Å². The molecule has 1 N–H and O–H groups in total. The van der Waals surface area contributed by atoms with Crippen LogP contribution in [0.3, 0.4) is 0 Å². The molecule has 1 fully saturated rings. The first-order valence-corrected chi connectivity index (χ1v) is 7.21. The summed E-state index contributed by atoms with van der Waals surface area (Å²) >= 11 is 0. The number of aryl methyl sites for hydroxylation is 1. The molecule has 0 saturated carbocycles. The van der Waals surface area contributed by atoms with Gasteiger partial charge in [0, 0.05) is 18.7 Å². The quantitative estimate of drug-likeness (QED) is 0.828. The van der Waals surface area contributed by atoms with Gasteiger partial charge in [0.15, 0.2) is 0 Å². The number of morpholine rings is 1. The third-order valence-corrected chi connectivity index (χ3v) is 3.75. The van der Waals surface area contributed by atoms with Gasteiger partial charge in [-0.3, -0.25) is 0 Å². The third-order valence-electron chi connectivity index (χ3n) is 3.75. The summed E-state index contributed by atoms with van der Waals surface area (Å²) in [6.07, 6.45) is 7.54. The molecule has 1 aliphatic carbocycles. The van der Waals surface area contributed by atoms with Crippen molar-refractivity contribution in [2.24, 2.45) is 0 Å². The Labute approximate surface area is 113 Å². The van der Waals surface area contributed by atoms with Crippen LogP contribution in [0, 0.1) is 0 Å². The zero-order valence-corrected chi connectivity index (χ0v) is 11.2. The molecule has 2 aliphatic rings. The summed E-state index contributed by atoms with van der Waals surface area (Å²) in [4.78, 5) is 8.71. The van der Waals surface area contributed by atoms with Gasteiger partial charge in [0.05, 0.1) is 12.3 Å². The number of aromatic nitrogens is 2. The molecule has 0 bridgehead atoms. The van der Waals surface area contributed by atoms with Gasteiger partial charge >= 0.3 is 0 Å². The lowest BCUT2D eigenvalue weighted by Crippen LogP contribution is -2.41. The van der Waals surface area contributed by atoms with Gasteiger partial charge in [0.1, 0.15) is 19.0 Å². The van der Waals surface area contributed by atoms with Crippen molar-refractivity contribution >= 4 is 0 Å². The molecule has 1 atom stereocenters. The fraction of sp³-hybridized carbons (Fsp3) is 0.714. The van der Waals surface area contributed by atoms with Crippen LogP contribution in [-0.4, -0.2) is 42.4 Å². The zero-order chi connectivity index (χ0) is 12.9. The monoisotopic (exact) mass is 263 g/mol. The topological polar surface area (TPSA) is 56.3 Å². The van der Waals surface area contributed by atoms with Gasteiger partial charge in [0.2, 0.25) is 5.88 Å². The maximum Gasteiger partial charge on any atom is 0.219 e. The number of ether oxygens (including phenoxy) is 2. The molecular weight excluding hydrogens is 242 g/mol. The van der Waals surface area contributed by atoms with E-state index in [4.69, 9.17) is 9.47 Å². The highest BCUT2D eigenvalue weighted by Crippen LogP contribution is 2.25. The second kappa shape index (κ2) is 6.30. The lowest BCUT2D eigenvalue weighted by Gasteiger charge is -2.23. The predicted octanol–water partition coefficient (Wildman–Crippen LogP) is 1.11. The molecule has 1 unspecified atom stereocenters. The van der Waals surface area contributed by atoms with E-state index in [1.807, 2.05) is 0 Å². The highest BCUT2D eigenvalue weighted by atomic mass is 16.5. The van der Waals surface area contributed by atoms with Crippen LogP contribution in [0.2, 0.25) is 0 Å². The summed E-state index contributed by atoms with van der Waals surface area (Å²) < 4.78 is 11.5. The maximum absolute atomic E-state index is 5.88. The molecule has 5 heteroatoms. The average Bonchev–Trinajstić information content (AvgIpc) is 2.72. The second-order valence-electron chi connectivity index (χ2n) is 5.17. The maximum atomic E-state index is 5.88. The Morgan fingerprint density at radius 3 is 3.11 bits per heavy atom. The molecule has 1 aliphatic heterocycles. The molecule has 1 aromatic heterocycles. The van der Waals surface area contributed by atoms with Crippen molar-refractivity contribution in [2.45, 2.75) is 38.2 Å². The molecule has 0 aromatic carbocycles. The number of rotatable bonds is 3. The first-order valence-electron chi connectivity index (χ1n) is 7.21. The van der Waals surface area contributed by atoms with Gasteiger partial charge in [-0.15, -0.1) is 0 Å². The van der Waals surface area contributed by atoms with Crippen LogP contribution in [0.15, 0.2) is 6.33 Å². The number of hydrogen-bond acceptors (Lipinski definition) is 5. The van der Waals surface area contributed by atoms with Crippen LogP contribution in [0.5, 0.6) is 5.88 Å². The predicted molar refractivity (Wildman–Crippen MR) is 71.4 cm³/mol. The molecule has 5 nitrogen and oxygen atoms in total. The van der Waals surface area contributed by atoms with E-state index in [1.54, 1.807) is 6.33 Å². The highest BCUT2D eigenvalue weighted by molar-refractivity contribution is 5.30. The van der Waals surface area contributed by atoms with Gasteiger partial charge < -0.3 is 14.8 Å². The van der Waals surface area contributed by atoms with Crippen molar-refractivity contribution in [2.75, 3.05) is 26.3 Å². The van der Waals surface area contributed by atoms with Crippen LogP contribution in [0.1, 0.15) is 30.5 Å². The number of nitrogens with one attached hydrogen (secondary N) is 1. The number of hydrogen-bond donors (Lipinski definition) is 1. The second-order valence-corrected chi connectivity index (χ2v) is 5.17. The van der Waals surface area contributed by atoms with E-state index < -0.39 is 0 Å². The smallest absolute Gasteiger partial charge is 0.219 e. The van der Waals surface area contributed by atoms with E-state index in [0.717, 1.165) is 38.4 Å². The van der Waals surface area contributed by atoms with Gasteiger partial charge in [-0.05, 0) is 25.7 Å². The Hall–Kier alpha value is -1.20. The molecule has 2 heterocycles. The number of fused-ring (bicyclic) bond motifs is 1. The van der Waals surface area contributed by atoms with Gasteiger partial charge in [-0.25, -0.2) is 9.97 Å². The van der Waals surface area contributed by atoms with E-state index in [9.17, 15) is 0 Å². The van der Waals surface area contributed by atoms with Crippen molar-refractivity contribution in [3.05, 3.63) is 17.6 Å². The fourth-order valence-electron chi connectivity index (χ4n) is 2.69. The van der Waals surface area contributed by atoms with E-state index >= 15 is 0 Å². The van der Waals surface area contributed by atoms with E-state index in [2.05, 4.69) is 15.3 Å². The lowest BCUT2D eigenvalue weighted by molar-refractivity contribution is -0.000999. The van der Waals surface area contributed by atoms with E-state index in [1.165, 1.54) is 30.5 Å². The van der Waals surface area contributed by atoms with Crippen molar-refractivity contribution in [3.8, 4) is 5.88 Å². The molecule has 19 heavy (non-hydrogen) atoms. The average molecular weight is 263 g/mol. The third kappa shape index (κ3) is 3.22. The Kier molecular flexibility index (Phi) is 4.25. The minimum absolute atomic E-state index is 0.130. The Bertz CT molecular complexity index is 419. The largest absolute Gasteiger partial charge is 0.475 e. The molecule has 104 valence electrons. The van der Waals surface area contributed by atoms with Crippen LogP contribution in [-0.2, 0) is 17.6 Å². The SMILES string of the molecule is c1nc2c(c(OCC3CNCCO3)n1)CCCCC2. The molecule has 3 rings (SSSR count). The lowest BCUT2D eigenvalue weighted by atomic mass is 10.1. The molecule has 0 amide bonds. The molecule has 1 aromatic rings. The Morgan fingerprint density at radius 1 is 1.26 bits per heavy atom. The molecular formula is C14H21N3O2. The first kappa shape index (κ1) is 12.8. The van der Waals surface area contributed by atoms with Gasteiger partial charge in [0.25, 0.3) is 0 Å². The Morgan fingerprint density at radius 2 is 2.21 bits per heavy atom. The summed E-state index contributed by atoms with van der Waals surface area (Å²) in [7, 11) is 0. The Balaban J connectivity index is 1.66. The zero-order valence-electron chi connectivity index (χ0n) is 11.2. The summed E-state index contributed by atoms with van der Waals surface area (Å²) in [5.74, 6) is 0.765. The van der Waals surface area contributed by atoms with Crippen LogP contribution >= 0.6 is 0 Å². The summed E-state index contributed by atoms with van der Waals surface area (Å²) in [6, 6.07) is 0. The van der Waals surface area contributed by atoms with Crippen LogP contribution in [0.25, 0.3) is 0 Å². The highest BCUT2D eigenvalue weighted by Gasteiger charge is 2.18. The fourth-order valence-corrected chi connectivity index (χ4v) is 2.69. The number of nitrogens with zero attached hydrogens (tertiary/aromatic N) is 2. The molecule has 0 radical (unpaired) electrons.